The van der Waals surface area contributed by atoms with Crippen LogP contribution < -0.4 is 5.32 Å². The summed E-state index contributed by atoms with van der Waals surface area (Å²) in [5.74, 6) is -0.858. The molecule has 1 saturated heterocycles. The second-order valence-electron chi connectivity index (χ2n) is 6.15. The lowest BCUT2D eigenvalue weighted by atomic mass is 10.1. The van der Waals surface area contributed by atoms with Gasteiger partial charge in [-0.05, 0) is 19.4 Å². The maximum atomic E-state index is 13.8. The van der Waals surface area contributed by atoms with Crippen molar-refractivity contribution >= 4 is 9.84 Å². The molecular formula is C16H19F2N3O2S. The van der Waals surface area contributed by atoms with Gasteiger partial charge < -0.3 is 5.32 Å². The summed E-state index contributed by atoms with van der Waals surface area (Å²) in [4.78, 5) is 0. The SMILES string of the molecule is CC(NCc1cnn(C2CCS(=O)(=O)C2)c1)c1ccc(F)cc1F. The fourth-order valence-corrected chi connectivity index (χ4v) is 4.59. The van der Waals surface area contributed by atoms with Crippen molar-refractivity contribution in [3.05, 3.63) is 53.4 Å². The number of hydrogen-bond donors (Lipinski definition) is 1. The van der Waals surface area contributed by atoms with Crippen molar-refractivity contribution < 1.29 is 17.2 Å². The maximum Gasteiger partial charge on any atom is 0.152 e. The van der Waals surface area contributed by atoms with Gasteiger partial charge in [-0.2, -0.15) is 5.10 Å². The van der Waals surface area contributed by atoms with E-state index >= 15 is 0 Å². The van der Waals surface area contributed by atoms with Gasteiger partial charge in [-0.25, -0.2) is 17.2 Å². The van der Waals surface area contributed by atoms with Crippen LogP contribution >= 0.6 is 0 Å². The quantitative estimate of drug-likeness (QED) is 0.894. The molecular weight excluding hydrogens is 336 g/mol. The average Bonchev–Trinajstić information content (AvgIpc) is 3.11. The molecule has 2 unspecified atom stereocenters. The molecule has 0 saturated carbocycles. The smallest absolute Gasteiger partial charge is 0.152 e. The first-order valence-electron chi connectivity index (χ1n) is 7.76. The third-order valence-electron chi connectivity index (χ3n) is 4.28. The van der Waals surface area contributed by atoms with Gasteiger partial charge in [-0.15, -0.1) is 0 Å². The second kappa shape index (κ2) is 6.60. The highest BCUT2D eigenvalue weighted by Crippen LogP contribution is 2.23. The Bertz CT molecular complexity index is 836. The fraction of sp³-hybridized carbons (Fsp3) is 0.438. The predicted molar refractivity (Wildman–Crippen MR) is 86.1 cm³/mol. The molecule has 1 aromatic heterocycles. The first-order chi connectivity index (χ1) is 11.3. The van der Waals surface area contributed by atoms with Gasteiger partial charge in [0.2, 0.25) is 0 Å². The zero-order valence-corrected chi connectivity index (χ0v) is 14.1. The molecule has 24 heavy (non-hydrogen) atoms. The first kappa shape index (κ1) is 17.0. The molecule has 130 valence electrons. The van der Waals surface area contributed by atoms with E-state index < -0.39 is 21.5 Å². The van der Waals surface area contributed by atoms with Crippen LogP contribution in [0.2, 0.25) is 0 Å². The van der Waals surface area contributed by atoms with Gasteiger partial charge in [0, 0.05) is 36.0 Å². The lowest BCUT2D eigenvalue weighted by molar-refractivity contribution is 0.497. The summed E-state index contributed by atoms with van der Waals surface area (Å²) < 4.78 is 51.5. The first-order valence-corrected chi connectivity index (χ1v) is 9.58. The number of sulfone groups is 1. The van der Waals surface area contributed by atoms with Crippen molar-refractivity contribution in [3.8, 4) is 0 Å². The number of rotatable bonds is 5. The molecule has 8 heteroatoms. The standard InChI is InChI=1S/C16H19F2N3O2S/c1-11(15-3-2-13(17)6-16(15)18)19-7-12-8-20-21(9-12)14-4-5-24(22,23)10-14/h2-3,6,8-9,11,14,19H,4-5,7,10H2,1H3. The molecule has 0 bridgehead atoms. The van der Waals surface area contributed by atoms with Gasteiger partial charge >= 0.3 is 0 Å². The molecule has 2 heterocycles. The van der Waals surface area contributed by atoms with Gasteiger partial charge in [-0.3, -0.25) is 4.68 Å². The maximum absolute atomic E-state index is 13.8. The fourth-order valence-electron chi connectivity index (χ4n) is 2.89. The minimum absolute atomic E-state index is 0.115. The number of aromatic nitrogens is 2. The van der Waals surface area contributed by atoms with Gasteiger partial charge in [0.25, 0.3) is 0 Å². The number of nitrogens with one attached hydrogen (secondary N) is 1. The summed E-state index contributed by atoms with van der Waals surface area (Å²) in [6.07, 6.45) is 4.06. The number of benzene rings is 1. The Hall–Kier alpha value is -1.80. The summed E-state index contributed by atoms with van der Waals surface area (Å²) in [6.45, 7) is 2.25. The molecule has 1 aliphatic heterocycles. The van der Waals surface area contributed by atoms with Gasteiger partial charge in [0.15, 0.2) is 9.84 Å². The summed E-state index contributed by atoms with van der Waals surface area (Å²) in [7, 11) is -2.95. The molecule has 0 radical (unpaired) electrons. The van der Waals surface area contributed by atoms with Crippen LogP contribution in [0.4, 0.5) is 8.78 Å². The molecule has 0 amide bonds. The monoisotopic (exact) mass is 355 g/mol. The topological polar surface area (TPSA) is 64.0 Å². The van der Waals surface area contributed by atoms with Crippen molar-refractivity contribution in [2.45, 2.75) is 32.0 Å². The van der Waals surface area contributed by atoms with Crippen LogP contribution in [0.3, 0.4) is 0 Å². The van der Waals surface area contributed by atoms with E-state index in [0.717, 1.165) is 11.6 Å². The van der Waals surface area contributed by atoms with Crippen molar-refractivity contribution in [1.29, 1.82) is 0 Å². The van der Waals surface area contributed by atoms with Crippen molar-refractivity contribution in [3.63, 3.8) is 0 Å². The molecule has 0 spiro atoms. The molecule has 2 atom stereocenters. The summed E-state index contributed by atoms with van der Waals surface area (Å²) >= 11 is 0. The lowest BCUT2D eigenvalue weighted by Crippen LogP contribution is -2.19. The molecule has 5 nitrogen and oxygen atoms in total. The molecule has 1 aliphatic rings. The molecule has 1 aromatic carbocycles. The number of hydrogen-bond acceptors (Lipinski definition) is 4. The van der Waals surface area contributed by atoms with Crippen LogP contribution in [0.1, 0.15) is 36.6 Å². The Morgan fingerprint density at radius 1 is 1.42 bits per heavy atom. The molecule has 1 N–H and O–H groups in total. The van der Waals surface area contributed by atoms with Crippen LogP contribution in [0.15, 0.2) is 30.6 Å². The molecule has 0 aliphatic carbocycles. The largest absolute Gasteiger partial charge is 0.306 e. The Labute approximate surface area is 139 Å². The zero-order chi connectivity index (χ0) is 17.3. The zero-order valence-electron chi connectivity index (χ0n) is 13.2. The van der Waals surface area contributed by atoms with Crippen LogP contribution in [0, 0.1) is 11.6 Å². The lowest BCUT2D eigenvalue weighted by Gasteiger charge is -2.14. The summed E-state index contributed by atoms with van der Waals surface area (Å²) in [5, 5.41) is 7.39. The average molecular weight is 355 g/mol. The van der Waals surface area contributed by atoms with Crippen LogP contribution in [-0.2, 0) is 16.4 Å². The van der Waals surface area contributed by atoms with E-state index in [1.807, 2.05) is 6.20 Å². The van der Waals surface area contributed by atoms with Crippen molar-refractivity contribution in [2.24, 2.45) is 0 Å². The van der Waals surface area contributed by atoms with E-state index in [2.05, 4.69) is 10.4 Å². The minimum Gasteiger partial charge on any atom is -0.306 e. The molecule has 2 aromatic rings. The van der Waals surface area contributed by atoms with E-state index in [1.54, 1.807) is 17.8 Å². The summed E-state index contributed by atoms with van der Waals surface area (Å²) in [5.41, 5.74) is 1.28. The Balaban J connectivity index is 1.61. The van der Waals surface area contributed by atoms with Crippen LogP contribution in [0.25, 0.3) is 0 Å². The normalized spacial score (nSPS) is 21.0. The van der Waals surface area contributed by atoms with E-state index in [9.17, 15) is 17.2 Å². The second-order valence-corrected chi connectivity index (χ2v) is 8.38. The van der Waals surface area contributed by atoms with Crippen molar-refractivity contribution in [1.82, 2.24) is 15.1 Å². The van der Waals surface area contributed by atoms with E-state index in [0.29, 0.717) is 18.5 Å². The predicted octanol–water partition coefficient (Wildman–Crippen LogP) is 2.37. The number of nitrogens with zero attached hydrogens (tertiary/aromatic N) is 2. The molecule has 1 fully saturated rings. The Morgan fingerprint density at radius 2 is 2.21 bits per heavy atom. The number of halogens is 2. The highest BCUT2D eigenvalue weighted by atomic mass is 32.2. The van der Waals surface area contributed by atoms with Crippen LogP contribution in [-0.4, -0.2) is 29.7 Å². The van der Waals surface area contributed by atoms with E-state index in [4.69, 9.17) is 0 Å². The van der Waals surface area contributed by atoms with E-state index in [-0.39, 0.29) is 23.6 Å². The highest BCUT2D eigenvalue weighted by Gasteiger charge is 2.29. The van der Waals surface area contributed by atoms with Gasteiger partial charge in [0.1, 0.15) is 11.6 Å². The highest BCUT2D eigenvalue weighted by molar-refractivity contribution is 7.91. The summed E-state index contributed by atoms with van der Waals surface area (Å²) in [6, 6.07) is 3.12. The third kappa shape index (κ3) is 3.81. The van der Waals surface area contributed by atoms with E-state index in [1.165, 1.54) is 12.1 Å². The Kier molecular flexibility index (Phi) is 4.69. The Morgan fingerprint density at radius 3 is 2.88 bits per heavy atom. The third-order valence-corrected chi connectivity index (χ3v) is 6.03. The van der Waals surface area contributed by atoms with Gasteiger partial charge in [-0.1, -0.05) is 6.07 Å². The van der Waals surface area contributed by atoms with Gasteiger partial charge in [0.05, 0.1) is 23.7 Å². The molecule has 3 rings (SSSR count). The minimum atomic E-state index is -2.95. The van der Waals surface area contributed by atoms with Crippen molar-refractivity contribution in [2.75, 3.05) is 11.5 Å². The van der Waals surface area contributed by atoms with Crippen LogP contribution in [0.5, 0.6) is 0 Å².